The van der Waals surface area contributed by atoms with Crippen LogP contribution in [0.25, 0.3) is 0 Å². The van der Waals surface area contributed by atoms with Crippen molar-refractivity contribution in [3.8, 4) is 0 Å². The van der Waals surface area contributed by atoms with E-state index in [2.05, 4.69) is 6.58 Å². The van der Waals surface area contributed by atoms with Crippen LogP contribution in [0.2, 0.25) is 0 Å². The third-order valence-corrected chi connectivity index (χ3v) is 3.01. The molecule has 1 N–H and O–H groups in total. The average molecular weight is 146 g/mol. The van der Waals surface area contributed by atoms with Gasteiger partial charge < -0.3 is 5.11 Å². The van der Waals surface area contributed by atoms with Gasteiger partial charge in [0.2, 0.25) is 0 Å². The van der Waals surface area contributed by atoms with Crippen molar-refractivity contribution < 1.29 is 9.90 Å². The molecule has 0 aliphatic rings. The molecule has 0 aromatic carbocycles. The number of hydrogen-bond donors (Lipinski definition) is 1. The lowest BCUT2D eigenvalue weighted by atomic mass is 10.8. The summed E-state index contributed by atoms with van der Waals surface area (Å²) in [6.45, 7) is 5.38. The van der Waals surface area contributed by atoms with E-state index >= 15 is 0 Å². The molecular formula is C6H11O2P. The quantitative estimate of drug-likeness (QED) is 0.488. The highest BCUT2D eigenvalue weighted by Crippen LogP contribution is 2.34. The highest BCUT2D eigenvalue weighted by molar-refractivity contribution is 7.74. The summed E-state index contributed by atoms with van der Waals surface area (Å²) < 4.78 is 0. The van der Waals surface area contributed by atoms with Crippen molar-refractivity contribution in [2.24, 2.45) is 0 Å². The fraction of sp³-hybridized carbons (Fsp3) is 0.500. The fourth-order valence-corrected chi connectivity index (χ4v) is 1.49. The Balaban J connectivity index is 3.67. The minimum Gasteiger partial charge on any atom is -0.478 e. The molecule has 2 nitrogen and oxygen atoms in total. The monoisotopic (exact) mass is 146 g/mol. The van der Waals surface area contributed by atoms with Crippen LogP contribution in [-0.2, 0) is 0 Å². The molecule has 1 atom stereocenters. The van der Waals surface area contributed by atoms with Crippen molar-refractivity contribution in [1.29, 1.82) is 0 Å². The van der Waals surface area contributed by atoms with Gasteiger partial charge in [0.1, 0.15) is 0 Å². The van der Waals surface area contributed by atoms with E-state index in [1.54, 1.807) is 6.08 Å². The Morgan fingerprint density at radius 2 is 2.44 bits per heavy atom. The van der Waals surface area contributed by atoms with Crippen LogP contribution in [0.5, 0.6) is 0 Å². The normalized spacial score (nSPS) is 12.6. The van der Waals surface area contributed by atoms with E-state index in [0.717, 1.165) is 6.16 Å². The zero-order chi connectivity index (χ0) is 7.28. The second kappa shape index (κ2) is 4.51. The van der Waals surface area contributed by atoms with Gasteiger partial charge in [-0.25, -0.2) is 4.79 Å². The molecular weight excluding hydrogens is 135 g/mol. The van der Waals surface area contributed by atoms with Crippen LogP contribution in [0.15, 0.2) is 12.7 Å². The Bertz CT molecular complexity index is 112. The summed E-state index contributed by atoms with van der Waals surface area (Å²) in [6, 6.07) is 0. The highest BCUT2D eigenvalue weighted by Gasteiger charge is 2.10. The largest absolute Gasteiger partial charge is 0.478 e. The van der Waals surface area contributed by atoms with Gasteiger partial charge in [0.15, 0.2) is 0 Å². The minimum absolute atomic E-state index is 0.640. The van der Waals surface area contributed by atoms with Crippen molar-refractivity contribution in [3.63, 3.8) is 0 Å². The molecule has 0 aliphatic heterocycles. The van der Waals surface area contributed by atoms with Gasteiger partial charge in [0.05, 0.1) is 0 Å². The highest BCUT2D eigenvalue weighted by atomic mass is 31.1. The SMILES string of the molecule is C=CCP(CC)C(=O)O. The maximum atomic E-state index is 10.3. The minimum atomic E-state index is -0.819. The molecule has 0 fully saturated rings. The van der Waals surface area contributed by atoms with E-state index < -0.39 is 13.6 Å². The smallest absolute Gasteiger partial charge is 0.323 e. The lowest BCUT2D eigenvalue weighted by molar-refractivity contribution is 0.221. The number of rotatable bonds is 4. The molecule has 3 heteroatoms. The summed E-state index contributed by atoms with van der Waals surface area (Å²) in [5.74, 6) is 0. The summed E-state index contributed by atoms with van der Waals surface area (Å²) in [4.78, 5) is 10.3. The fourth-order valence-electron chi connectivity index (χ4n) is 0.498. The third-order valence-electron chi connectivity index (χ3n) is 1.00. The first-order valence-electron chi connectivity index (χ1n) is 2.81. The summed E-state index contributed by atoms with van der Waals surface area (Å²) >= 11 is 0. The maximum Gasteiger partial charge on any atom is 0.323 e. The molecule has 0 aromatic heterocycles. The van der Waals surface area contributed by atoms with Gasteiger partial charge in [0.25, 0.3) is 0 Å². The second-order valence-corrected chi connectivity index (χ2v) is 4.07. The zero-order valence-corrected chi connectivity index (χ0v) is 6.40. The van der Waals surface area contributed by atoms with Gasteiger partial charge >= 0.3 is 5.71 Å². The van der Waals surface area contributed by atoms with Crippen LogP contribution in [0.3, 0.4) is 0 Å². The van der Waals surface area contributed by atoms with Crippen molar-refractivity contribution in [2.45, 2.75) is 6.92 Å². The van der Waals surface area contributed by atoms with Crippen molar-refractivity contribution in [3.05, 3.63) is 12.7 Å². The van der Waals surface area contributed by atoms with Gasteiger partial charge in [-0.3, -0.25) is 0 Å². The number of carboxylic acid groups (broad SMARTS) is 1. The Labute approximate surface area is 56.3 Å². The standard InChI is InChI=1S/C6H11O2P/c1-3-5-9(4-2)6(7)8/h3H,1,4-5H2,2H3,(H,7,8). The van der Waals surface area contributed by atoms with Crippen LogP contribution >= 0.6 is 7.92 Å². The van der Waals surface area contributed by atoms with Crippen LogP contribution in [0, 0.1) is 0 Å². The van der Waals surface area contributed by atoms with E-state index in [9.17, 15) is 4.79 Å². The van der Waals surface area contributed by atoms with Crippen molar-refractivity contribution in [1.82, 2.24) is 0 Å². The lowest BCUT2D eigenvalue weighted by Gasteiger charge is -2.04. The Morgan fingerprint density at radius 1 is 1.89 bits per heavy atom. The molecule has 0 saturated heterocycles. The number of allylic oxidation sites excluding steroid dienone is 1. The van der Waals surface area contributed by atoms with Crippen LogP contribution in [-0.4, -0.2) is 23.1 Å². The summed E-state index contributed by atoms with van der Waals surface area (Å²) in [6.07, 6.45) is 3.06. The second-order valence-electron chi connectivity index (χ2n) is 1.61. The van der Waals surface area contributed by atoms with Crippen LogP contribution < -0.4 is 0 Å². The molecule has 0 aromatic rings. The topological polar surface area (TPSA) is 37.3 Å². The van der Waals surface area contributed by atoms with Crippen molar-refractivity contribution >= 4 is 13.6 Å². The van der Waals surface area contributed by atoms with Gasteiger partial charge in [-0.1, -0.05) is 13.0 Å². The molecule has 0 saturated carbocycles. The van der Waals surface area contributed by atoms with Gasteiger partial charge in [-0.05, 0) is 12.3 Å². The summed E-state index contributed by atoms with van der Waals surface area (Å²) in [5.41, 5.74) is -0.660. The first-order valence-corrected chi connectivity index (χ1v) is 4.52. The molecule has 0 amide bonds. The molecule has 52 valence electrons. The predicted molar refractivity (Wildman–Crippen MR) is 40.5 cm³/mol. The predicted octanol–water partition coefficient (Wildman–Crippen LogP) is 2.35. The van der Waals surface area contributed by atoms with Gasteiger partial charge in [0, 0.05) is 7.92 Å². The van der Waals surface area contributed by atoms with Crippen LogP contribution in [0.1, 0.15) is 6.92 Å². The Hall–Kier alpha value is -0.360. The number of carbonyl (C=O) groups is 1. The molecule has 0 radical (unpaired) electrons. The number of hydrogen-bond acceptors (Lipinski definition) is 1. The molecule has 0 heterocycles. The Morgan fingerprint density at radius 3 is 2.56 bits per heavy atom. The molecule has 0 bridgehead atoms. The molecule has 9 heavy (non-hydrogen) atoms. The third kappa shape index (κ3) is 3.26. The molecule has 0 rings (SSSR count). The van der Waals surface area contributed by atoms with E-state index in [4.69, 9.17) is 5.11 Å². The molecule has 0 spiro atoms. The van der Waals surface area contributed by atoms with Gasteiger partial charge in [-0.15, -0.1) is 6.58 Å². The Kier molecular flexibility index (Phi) is 4.33. The average Bonchev–Trinajstić information content (AvgIpc) is 1.82. The van der Waals surface area contributed by atoms with E-state index in [1.807, 2.05) is 6.92 Å². The van der Waals surface area contributed by atoms with Gasteiger partial charge in [-0.2, -0.15) is 0 Å². The van der Waals surface area contributed by atoms with E-state index in [0.29, 0.717) is 6.16 Å². The van der Waals surface area contributed by atoms with E-state index in [1.165, 1.54) is 0 Å². The zero-order valence-electron chi connectivity index (χ0n) is 5.50. The maximum absolute atomic E-state index is 10.3. The van der Waals surface area contributed by atoms with Crippen molar-refractivity contribution in [2.75, 3.05) is 12.3 Å². The molecule has 0 aliphatic carbocycles. The first-order chi connectivity index (χ1) is 4.22. The molecule has 1 unspecified atom stereocenters. The van der Waals surface area contributed by atoms with E-state index in [-0.39, 0.29) is 0 Å². The summed E-state index contributed by atoms with van der Waals surface area (Å²) in [5, 5.41) is 8.49. The lowest BCUT2D eigenvalue weighted by Crippen LogP contribution is -1.94. The van der Waals surface area contributed by atoms with Crippen LogP contribution in [0.4, 0.5) is 4.79 Å². The summed E-state index contributed by atoms with van der Waals surface area (Å²) in [7, 11) is -0.819. The first kappa shape index (κ1) is 8.64.